The number of benzene rings is 2. The Labute approximate surface area is 229 Å². The van der Waals surface area contributed by atoms with Gasteiger partial charge in [0.2, 0.25) is 0 Å². The van der Waals surface area contributed by atoms with Crippen LogP contribution in [0.15, 0.2) is 35.2 Å². The highest BCUT2D eigenvalue weighted by atomic mass is 127. The normalized spacial score (nSPS) is 25.5. The summed E-state index contributed by atoms with van der Waals surface area (Å²) in [7, 11) is -9.52. The summed E-state index contributed by atoms with van der Waals surface area (Å²) in [4.78, 5) is 11.8. The van der Waals surface area contributed by atoms with Gasteiger partial charge in [0, 0.05) is 11.8 Å². The molecule has 0 saturated carbocycles. The number of nitrogens with one attached hydrogen (secondary N) is 1. The minimum atomic E-state index is -6.09. The highest BCUT2D eigenvalue weighted by Crippen LogP contribution is 2.39. The Morgan fingerprint density at radius 3 is 2.08 bits per heavy atom. The van der Waals surface area contributed by atoms with Gasteiger partial charge in [-0.2, -0.15) is 13.2 Å². The molecule has 0 spiro atoms. The van der Waals surface area contributed by atoms with Gasteiger partial charge in [0.15, 0.2) is 16.7 Å². The maximum Gasteiger partial charge on any atom is 0.485 e. The summed E-state index contributed by atoms with van der Waals surface area (Å²) in [6.07, 6.45) is 0.927. The molecule has 3 fully saturated rings. The summed E-state index contributed by atoms with van der Waals surface area (Å²) in [5.74, 6) is -0.196. The minimum Gasteiger partial charge on any atom is -1.00 e. The third-order valence-corrected chi connectivity index (χ3v) is 9.38. The van der Waals surface area contributed by atoms with Crippen LogP contribution < -0.4 is 34.4 Å². The number of nitrogens with zero attached hydrogens (tertiary/aromatic N) is 2. The van der Waals surface area contributed by atoms with Crippen LogP contribution in [-0.2, 0) is 31.4 Å². The Morgan fingerprint density at radius 2 is 1.57 bits per heavy atom. The van der Waals surface area contributed by atoms with E-state index in [0.717, 1.165) is 72.0 Å². The minimum absolute atomic E-state index is 0. The molecule has 16 heteroatoms. The molecule has 2 aromatic rings. The van der Waals surface area contributed by atoms with Crippen LogP contribution in [0.4, 0.5) is 18.9 Å². The van der Waals surface area contributed by atoms with Crippen LogP contribution in [0.2, 0.25) is 0 Å². The molecular weight excluding hydrogens is 652 g/mol. The Morgan fingerprint density at radius 1 is 1.03 bits per heavy atom. The Kier molecular flexibility index (Phi) is 8.14. The van der Waals surface area contributed by atoms with Crippen molar-refractivity contribution in [2.75, 3.05) is 57.1 Å². The lowest BCUT2D eigenvalue weighted by Gasteiger charge is -2.55. The number of sulfonamides is 1. The van der Waals surface area contributed by atoms with Crippen molar-refractivity contribution in [2.45, 2.75) is 16.8 Å². The number of piperazine rings is 3. The Hall–Kier alpha value is -1.73. The molecule has 3 N–H and O–H groups in total. The standard InChI is InChI=1S/C20H25N4O3S.CHF3O3S.HI/c21-19(25)14-24-11-8-23(9-12-24,10-13-24)7-6-15-4-5-18-20-16(15)2-1-3-17(20)22-28(18,26)27;2-1(3,4)8(5,6)7;/h1-5,22H,6-14H2,(H-,21,25);(H,5,6,7);1H/q+1;;/p-1. The van der Waals surface area contributed by atoms with Gasteiger partial charge in [-0.1, -0.05) is 18.2 Å². The second-order valence-corrected chi connectivity index (χ2v) is 12.6. The molecule has 0 radical (unpaired) electrons. The zero-order valence-corrected chi connectivity index (χ0v) is 23.3. The molecule has 0 atom stereocenters. The predicted octanol–water partition coefficient (Wildman–Crippen LogP) is -2.30. The fourth-order valence-electron chi connectivity index (χ4n) is 5.37. The van der Waals surface area contributed by atoms with Crippen LogP contribution in [0.1, 0.15) is 5.56 Å². The van der Waals surface area contributed by atoms with Crippen molar-refractivity contribution in [1.82, 2.24) is 0 Å². The maximum atomic E-state index is 12.3. The van der Waals surface area contributed by atoms with Crippen LogP contribution in [0.25, 0.3) is 10.8 Å². The predicted molar refractivity (Wildman–Crippen MR) is 123 cm³/mol. The van der Waals surface area contributed by atoms with Gasteiger partial charge in [-0.15, -0.1) is 0 Å². The molecule has 10 nitrogen and oxygen atoms in total. The molecule has 3 saturated heterocycles. The molecule has 2 aromatic carbocycles. The number of nitrogens with two attached hydrogens (primary N) is 1. The van der Waals surface area contributed by atoms with Gasteiger partial charge in [0.25, 0.3) is 15.9 Å². The summed E-state index contributed by atoms with van der Waals surface area (Å²) in [6, 6.07) is 9.50. The average molecular weight is 678 g/mol. The molecule has 4 heterocycles. The molecule has 1 amide bonds. The molecule has 206 valence electrons. The number of hydrogen-bond donors (Lipinski definition) is 2. The fraction of sp³-hybridized carbons (Fsp3) is 0.476. The van der Waals surface area contributed by atoms with Gasteiger partial charge in [0.05, 0.1) is 17.1 Å². The lowest BCUT2D eigenvalue weighted by molar-refractivity contribution is -1.08. The SMILES string of the molecule is NC(=O)C[N+]12CC[N+](CCc3ccc4c5c(cccc35)NS4(=O)=O)(CC1)CC2.O=S(=O)([O-])C(F)(F)F.[I-]. The van der Waals surface area contributed by atoms with Crippen LogP contribution in [0, 0.1) is 0 Å². The van der Waals surface area contributed by atoms with Gasteiger partial charge in [0.1, 0.15) is 39.3 Å². The summed E-state index contributed by atoms with van der Waals surface area (Å²) in [5, 5.41) is 1.86. The number of amides is 1. The highest BCUT2D eigenvalue weighted by molar-refractivity contribution is 7.93. The fourth-order valence-corrected chi connectivity index (χ4v) is 6.67. The van der Waals surface area contributed by atoms with Crippen molar-refractivity contribution in [3.05, 3.63) is 35.9 Å². The van der Waals surface area contributed by atoms with Gasteiger partial charge in [-0.05, 0) is 23.1 Å². The molecule has 0 aliphatic carbocycles. The van der Waals surface area contributed by atoms with Crippen molar-refractivity contribution in [1.29, 1.82) is 0 Å². The molecule has 6 rings (SSSR count). The van der Waals surface area contributed by atoms with Gasteiger partial charge < -0.3 is 43.2 Å². The van der Waals surface area contributed by atoms with E-state index < -0.39 is 25.6 Å². The number of carbonyl (C=O) groups excluding carboxylic acids is 1. The Balaban J connectivity index is 0.000000370. The molecule has 2 bridgehead atoms. The smallest absolute Gasteiger partial charge is 0.485 e. The second-order valence-electron chi connectivity index (χ2n) is 9.58. The van der Waals surface area contributed by atoms with Gasteiger partial charge in [-0.25, -0.2) is 16.8 Å². The number of anilines is 1. The number of quaternary nitrogens is 2. The van der Waals surface area contributed by atoms with Crippen molar-refractivity contribution < 1.29 is 72.3 Å². The van der Waals surface area contributed by atoms with Crippen molar-refractivity contribution in [3.8, 4) is 0 Å². The third-order valence-electron chi connectivity index (χ3n) is 7.40. The first-order valence-corrected chi connectivity index (χ1v) is 14.0. The zero-order chi connectivity index (χ0) is 26.6. The van der Waals surface area contributed by atoms with Gasteiger partial charge in [-0.3, -0.25) is 9.52 Å². The van der Waals surface area contributed by atoms with E-state index in [1.165, 1.54) is 5.56 Å². The van der Waals surface area contributed by atoms with E-state index in [-0.39, 0.29) is 29.9 Å². The molecule has 37 heavy (non-hydrogen) atoms. The lowest BCUT2D eigenvalue weighted by Crippen LogP contribution is -3.00. The topological polar surface area (TPSA) is 146 Å². The first-order chi connectivity index (χ1) is 16.6. The van der Waals surface area contributed by atoms with Crippen molar-refractivity contribution in [3.63, 3.8) is 0 Å². The van der Waals surface area contributed by atoms with E-state index in [9.17, 15) is 26.4 Å². The number of halogens is 4. The summed E-state index contributed by atoms with van der Waals surface area (Å²) < 4.78 is 88.1. The van der Waals surface area contributed by atoms with E-state index in [1.807, 2.05) is 24.3 Å². The number of alkyl halides is 3. The highest BCUT2D eigenvalue weighted by Gasteiger charge is 2.49. The number of fused-ring (bicyclic) bond motifs is 3. The van der Waals surface area contributed by atoms with E-state index in [2.05, 4.69) is 4.72 Å². The largest absolute Gasteiger partial charge is 1.00 e. The average Bonchev–Trinajstić information content (AvgIpc) is 3.04. The molecule has 4 aliphatic rings. The monoisotopic (exact) mass is 678 g/mol. The summed E-state index contributed by atoms with van der Waals surface area (Å²) in [5.41, 5.74) is 1.71. The Bertz CT molecular complexity index is 1410. The molecule has 0 unspecified atom stereocenters. The van der Waals surface area contributed by atoms with Crippen LogP contribution in [0.3, 0.4) is 0 Å². The quantitative estimate of drug-likeness (QED) is 0.158. The van der Waals surface area contributed by atoms with E-state index >= 15 is 0 Å². The number of rotatable bonds is 5. The number of primary amides is 1. The number of carbonyl (C=O) groups is 1. The van der Waals surface area contributed by atoms with E-state index in [1.54, 1.807) is 6.07 Å². The van der Waals surface area contributed by atoms with Crippen LogP contribution in [-0.4, -0.2) is 94.1 Å². The summed E-state index contributed by atoms with van der Waals surface area (Å²) >= 11 is 0. The third kappa shape index (κ3) is 5.98. The van der Waals surface area contributed by atoms with Crippen LogP contribution >= 0.6 is 0 Å². The lowest BCUT2D eigenvalue weighted by atomic mass is 9.99. The van der Waals surface area contributed by atoms with E-state index in [4.69, 9.17) is 18.7 Å². The van der Waals surface area contributed by atoms with Crippen molar-refractivity contribution in [2.24, 2.45) is 5.73 Å². The summed E-state index contributed by atoms with van der Waals surface area (Å²) in [6.45, 7) is 7.85. The molecule has 4 aliphatic heterocycles. The van der Waals surface area contributed by atoms with Gasteiger partial charge >= 0.3 is 5.51 Å². The maximum absolute atomic E-state index is 12.3. The van der Waals surface area contributed by atoms with E-state index in [0.29, 0.717) is 17.1 Å². The second kappa shape index (κ2) is 10.1. The van der Waals surface area contributed by atoms with Crippen LogP contribution in [0.5, 0.6) is 0 Å². The number of hydrogen-bond acceptors (Lipinski definition) is 6. The van der Waals surface area contributed by atoms with Crippen molar-refractivity contribution >= 4 is 42.5 Å². The zero-order valence-electron chi connectivity index (χ0n) is 19.5. The molecular formula is C21H26F3IN4O6S2. The first-order valence-electron chi connectivity index (χ1n) is 11.1. The first kappa shape index (κ1) is 29.8. The molecule has 0 aromatic heterocycles.